The maximum absolute atomic E-state index is 13.8. The largest absolute Gasteiger partial charge is 0.294 e. The Bertz CT molecular complexity index is 881. The molecule has 3 heterocycles. The van der Waals surface area contributed by atoms with Crippen molar-refractivity contribution in [3.8, 4) is 0 Å². The van der Waals surface area contributed by atoms with E-state index < -0.39 is 0 Å². The number of hydrogen-bond acceptors (Lipinski definition) is 3. The fraction of sp³-hybridized carbons (Fsp3) is 0.222. The van der Waals surface area contributed by atoms with Gasteiger partial charge < -0.3 is 0 Å². The molecule has 0 atom stereocenters. The first-order chi connectivity index (χ1) is 11.2. The molecule has 0 radical (unpaired) electrons. The van der Waals surface area contributed by atoms with Gasteiger partial charge >= 0.3 is 0 Å². The summed E-state index contributed by atoms with van der Waals surface area (Å²) in [5.74, 6) is -0.136. The first-order valence-electron chi connectivity index (χ1n) is 7.59. The molecule has 0 bridgehead atoms. The van der Waals surface area contributed by atoms with Crippen LogP contribution in [0.3, 0.4) is 0 Å². The van der Waals surface area contributed by atoms with Crippen molar-refractivity contribution in [3.05, 3.63) is 69.7 Å². The molecule has 0 saturated carbocycles. The molecule has 5 heteroatoms. The summed E-state index contributed by atoms with van der Waals surface area (Å²) in [5, 5.41) is 1.03. The van der Waals surface area contributed by atoms with E-state index in [1.807, 2.05) is 18.2 Å². The van der Waals surface area contributed by atoms with Crippen LogP contribution in [-0.4, -0.2) is 21.4 Å². The molecule has 2 aromatic heterocycles. The van der Waals surface area contributed by atoms with Gasteiger partial charge in [0, 0.05) is 53.4 Å². The molecule has 0 aliphatic carbocycles. The van der Waals surface area contributed by atoms with E-state index in [-0.39, 0.29) is 5.82 Å². The van der Waals surface area contributed by atoms with E-state index >= 15 is 0 Å². The van der Waals surface area contributed by atoms with Crippen molar-refractivity contribution in [2.75, 3.05) is 6.54 Å². The minimum Gasteiger partial charge on any atom is -0.294 e. The van der Waals surface area contributed by atoms with Gasteiger partial charge in [-0.25, -0.2) is 14.4 Å². The zero-order chi connectivity index (χ0) is 15.8. The van der Waals surface area contributed by atoms with Gasteiger partial charge in [-0.3, -0.25) is 4.90 Å². The number of benzene rings is 1. The lowest BCUT2D eigenvalue weighted by Crippen LogP contribution is -2.31. The summed E-state index contributed by atoms with van der Waals surface area (Å²) in [7, 11) is 0. The fourth-order valence-electron chi connectivity index (χ4n) is 3.06. The lowest BCUT2D eigenvalue weighted by Gasteiger charge is -2.28. The molecule has 0 spiro atoms. The Morgan fingerprint density at radius 1 is 1.22 bits per heavy atom. The molecule has 116 valence electrons. The molecule has 1 aliphatic heterocycles. The summed E-state index contributed by atoms with van der Waals surface area (Å²) in [6, 6.07) is 11.2. The minimum atomic E-state index is -0.136. The van der Waals surface area contributed by atoms with Gasteiger partial charge in [-0.2, -0.15) is 0 Å². The lowest BCUT2D eigenvalue weighted by molar-refractivity contribution is 0.240. The fourth-order valence-corrected chi connectivity index (χ4v) is 3.41. The van der Waals surface area contributed by atoms with E-state index in [2.05, 4.69) is 36.9 Å². The van der Waals surface area contributed by atoms with Crippen molar-refractivity contribution in [2.24, 2.45) is 0 Å². The van der Waals surface area contributed by atoms with E-state index in [4.69, 9.17) is 0 Å². The van der Waals surface area contributed by atoms with Crippen molar-refractivity contribution in [1.82, 2.24) is 14.9 Å². The van der Waals surface area contributed by atoms with E-state index in [0.717, 1.165) is 46.3 Å². The van der Waals surface area contributed by atoms with Crippen molar-refractivity contribution in [3.63, 3.8) is 0 Å². The number of hydrogen-bond donors (Lipinski definition) is 0. The molecule has 0 N–H and O–H groups in total. The van der Waals surface area contributed by atoms with Crippen LogP contribution in [0.5, 0.6) is 0 Å². The molecule has 1 aromatic carbocycles. The third-order valence-electron chi connectivity index (χ3n) is 4.21. The van der Waals surface area contributed by atoms with Crippen LogP contribution in [0, 0.1) is 5.82 Å². The number of fused-ring (bicyclic) bond motifs is 2. The second kappa shape index (κ2) is 5.98. The average molecular weight is 372 g/mol. The Balaban J connectivity index is 1.62. The van der Waals surface area contributed by atoms with Gasteiger partial charge in [-0.1, -0.05) is 18.2 Å². The number of aromatic nitrogens is 2. The number of rotatable bonds is 2. The Labute approximate surface area is 142 Å². The van der Waals surface area contributed by atoms with Crippen molar-refractivity contribution in [1.29, 1.82) is 0 Å². The van der Waals surface area contributed by atoms with Crippen LogP contribution in [-0.2, 0) is 19.5 Å². The van der Waals surface area contributed by atoms with Crippen LogP contribution >= 0.6 is 15.9 Å². The van der Waals surface area contributed by atoms with Crippen molar-refractivity contribution < 1.29 is 4.39 Å². The second-order valence-corrected chi connectivity index (χ2v) is 6.76. The summed E-state index contributed by atoms with van der Waals surface area (Å²) in [6.45, 7) is 2.30. The quantitative estimate of drug-likeness (QED) is 0.679. The second-order valence-electron chi connectivity index (χ2n) is 5.85. The highest BCUT2D eigenvalue weighted by molar-refractivity contribution is 9.10. The van der Waals surface area contributed by atoms with E-state index in [9.17, 15) is 4.39 Å². The van der Waals surface area contributed by atoms with Gasteiger partial charge in [0.1, 0.15) is 5.82 Å². The average Bonchev–Trinajstić information content (AvgIpc) is 2.55. The SMILES string of the molecule is Fc1ccccc1CN1CCc2nc3ncc(Br)cc3cc2C1. The van der Waals surface area contributed by atoms with E-state index in [1.54, 1.807) is 12.3 Å². The number of halogens is 2. The number of pyridine rings is 2. The Kier molecular flexibility index (Phi) is 3.83. The maximum Gasteiger partial charge on any atom is 0.159 e. The van der Waals surface area contributed by atoms with Crippen LogP contribution in [0.2, 0.25) is 0 Å². The van der Waals surface area contributed by atoms with Crippen LogP contribution in [0.1, 0.15) is 16.8 Å². The molecule has 0 amide bonds. The summed E-state index contributed by atoms with van der Waals surface area (Å²) in [5.41, 5.74) is 3.85. The first-order valence-corrected chi connectivity index (χ1v) is 8.38. The van der Waals surface area contributed by atoms with Crippen LogP contribution in [0.4, 0.5) is 4.39 Å². The van der Waals surface area contributed by atoms with Gasteiger partial charge in [-0.05, 0) is 39.7 Å². The van der Waals surface area contributed by atoms with Crippen LogP contribution in [0.25, 0.3) is 11.0 Å². The summed E-state index contributed by atoms with van der Waals surface area (Å²) >= 11 is 3.45. The molecule has 4 rings (SSSR count). The summed E-state index contributed by atoms with van der Waals surface area (Å²) in [6.07, 6.45) is 2.65. The summed E-state index contributed by atoms with van der Waals surface area (Å²) in [4.78, 5) is 11.3. The topological polar surface area (TPSA) is 29.0 Å². The van der Waals surface area contributed by atoms with E-state index in [1.165, 1.54) is 11.6 Å². The normalized spacial score (nSPS) is 14.9. The molecule has 3 nitrogen and oxygen atoms in total. The van der Waals surface area contributed by atoms with Gasteiger partial charge in [0.05, 0.1) is 0 Å². The van der Waals surface area contributed by atoms with Gasteiger partial charge in [0.15, 0.2) is 5.65 Å². The van der Waals surface area contributed by atoms with E-state index in [0.29, 0.717) is 6.54 Å². The maximum atomic E-state index is 13.8. The highest BCUT2D eigenvalue weighted by atomic mass is 79.9. The zero-order valence-electron chi connectivity index (χ0n) is 12.5. The Hall–Kier alpha value is -1.85. The number of nitrogens with zero attached hydrogens (tertiary/aromatic N) is 3. The van der Waals surface area contributed by atoms with Gasteiger partial charge in [0.2, 0.25) is 0 Å². The predicted octanol–water partition coefficient (Wildman–Crippen LogP) is 4.09. The Morgan fingerprint density at radius 3 is 2.96 bits per heavy atom. The molecular formula is C18H15BrFN3. The van der Waals surface area contributed by atoms with Gasteiger partial charge in [0.25, 0.3) is 0 Å². The highest BCUT2D eigenvalue weighted by Crippen LogP contribution is 2.24. The third-order valence-corrected chi connectivity index (χ3v) is 4.65. The zero-order valence-corrected chi connectivity index (χ0v) is 14.1. The smallest absolute Gasteiger partial charge is 0.159 e. The Morgan fingerprint density at radius 2 is 2.09 bits per heavy atom. The monoisotopic (exact) mass is 371 g/mol. The predicted molar refractivity (Wildman–Crippen MR) is 91.5 cm³/mol. The lowest BCUT2D eigenvalue weighted by atomic mass is 10.0. The molecule has 0 saturated heterocycles. The molecular weight excluding hydrogens is 357 g/mol. The van der Waals surface area contributed by atoms with Crippen molar-refractivity contribution in [2.45, 2.75) is 19.5 Å². The van der Waals surface area contributed by atoms with Crippen LogP contribution < -0.4 is 0 Å². The summed E-state index contributed by atoms with van der Waals surface area (Å²) < 4.78 is 14.8. The molecule has 3 aromatic rings. The van der Waals surface area contributed by atoms with Gasteiger partial charge in [-0.15, -0.1) is 0 Å². The molecule has 0 unspecified atom stereocenters. The molecule has 1 aliphatic rings. The third kappa shape index (κ3) is 2.99. The molecule has 23 heavy (non-hydrogen) atoms. The highest BCUT2D eigenvalue weighted by Gasteiger charge is 2.19. The van der Waals surface area contributed by atoms with Crippen LogP contribution in [0.15, 0.2) is 47.1 Å². The minimum absolute atomic E-state index is 0.136. The molecule has 0 fully saturated rings. The van der Waals surface area contributed by atoms with Crippen molar-refractivity contribution >= 4 is 27.0 Å². The first kappa shape index (κ1) is 14.7. The standard InChI is InChI=1S/C18H15BrFN3/c19-15-8-13-7-14-11-23(10-12-3-1-2-4-16(12)20)6-5-17(14)22-18(13)21-9-15/h1-4,7-9H,5-6,10-11H2.